The van der Waals surface area contributed by atoms with Gasteiger partial charge in [0.05, 0.1) is 0 Å². The molecule has 0 heterocycles. The highest BCUT2D eigenvalue weighted by Gasteiger charge is 2.48. The molecule has 3 aromatic rings. The topological polar surface area (TPSA) is 108 Å². The predicted octanol–water partition coefficient (Wildman–Crippen LogP) is 6.68. The number of aryl methyl sites for hydroxylation is 3. The lowest BCUT2D eigenvalue weighted by Crippen LogP contribution is -2.54. The molecule has 0 bridgehead atoms. The Morgan fingerprint density at radius 3 is 2.07 bits per heavy atom. The number of carbonyl (C=O) groups is 3. The predicted molar refractivity (Wildman–Crippen MR) is 173 cm³/mol. The van der Waals surface area contributed by atoms with Crippen LogP contribution in [0.3, 0.4) is 0 Å². The summed E-state index contributed by atoms with van der Waals surface area (Å²) in [4.78, 5) is 44.0. The molecule has 0 radical (unpaired) electrons. The van der Waals surface area contributed by atoms with Crippen LogP contribution in [-0.4, -0.2) is 45.6 Å². The largest absolute Gasteiger partial charge is 0.508 e. The number of hydrogen-bond acceptors (Lipinski definition) is 5. The van der Waals surface area contributed by atoms with E-state index >= 15 is 0 Å². The molecular formula is C36H45N3O5. The van der Waals surface area contributed by atoms with Crippen molar-refractivity contribution in [3.05, 3.63) is 94.0 Å². The summed E-state index contributed by atoms with van der Waals surface area (Å²) in [5, 5.41) is 15.8. The minimum Gasteiger partial charge on any atom is -0.508 e. The molecule has 8 nitrogen and oxygen atoms in total. The maximum atomic E-state index is 14.8. The summed E-state index contributed by atoms with van der Waals surface area (Å²) in [6.45, 7) is 15.2. The zero-order valence-electron chi connectivity index (χ0n) is 27.0. The SMILES string of the molecule is Cc1cccc(C(C(=O)Nc2c(C)cccc2C)N(C(=O)C(Cc2ccc(O)cc2)NC(=O)OC(C)(C)C)C2CC2C)c1C. The molecule has 1 aliphatic carbocycles. The average Bonchev–Trinajstić information content (AvgIpc) is 3.66. The van der Waals surface area contributed by atoms with Gasteiger partial charge in [-0.25, -0.2) is 4.79 Å². The Kier molecular flexibility index (Phi) is 9.72. The first-order valence-corrected chi connectivity index (χ1v) is 15.2. The van der Waals surface area contributed by atoms with Crippen molar-refractivity contribution in [3.8, 4) is 5.75 Å². The number of nitrogens with one attached hydrogen (secondary N) is 2. The first-order chi connectivity index (χ1) is 20.7. The number of rotatable bonds is 9. The second-order valence-corrected chi connectivity index (χ2v) is 13.0. The van der Waals surface area contributed by atoms with Crippen molar-refractivity contribution in [3.63, 3.8) is 0 Å². The number of ether oxygens (including phenoxy) is 1. The minimum absolute atomic E-state index is 0.100. The van der Waals surface area contributed by atoms with Gasteiger partial charge in [-0.2, -0.15) is 0 Å². The van der Waals surface area contributed by atoms with Crippen LogP contribution in [0.5, 0.6) is 5.75 Å². The number of phenols is 1. The van der Waals surface area contributed by atoms with Gasteiger partial charge < -0.3 is 25.4 Å². The molecular weight excluding hydrogens is 554 g/mol. The average molecular weight is 600 g/mol. The van der Waals surface area contributed by atoms with Crippen LogP contribution in [0.15, 0.2) is 60.7 Å². The smallest absolute Gasteiger partial charge is 0.408 e. The summed E-state index contributed by atoms with van der Waals surface area (Å²) in [7, 11) is 0. The van der Waals surface area contributed by atoms with Crippen molar-refractivity contribution in [2.75, 3.05) is 5.32 Å². The van der Waals surface area contributed by atoms with Gasteiger partial charge in [0, 0.05) is 18.2 Å². The molecule has 1 aliphatic rings. The minimum atomic E-state index is -1.03. The van der Waals surface area contributed by atoms with E-state index in [9.17, 15) is 19.5 Å². The van der Waals surface area contributed by atoms with Crippen LogP contribution in [0.1, 0.15) is 73.5 Å². The normalized spacial score (nSPS) is 17.3. The quantitative estimate of drug-likeness (QED) is 0.254. The van der Waals surface area contributed by atoms with Gasteiger partial charge in [-0.05, 0) is 106 Å². The van der Waals surface area contributed by atoms with Crippen molar-refractivity contribution >= 4 is 23.6 Å². The summed E-state index contributed by atoms with van der Waals surface area (Å²) in [6.07, 6.45) is 0.164. The number of phenolic OH excluding ortho intramolecular Hbond substituents is 1. The molecule has 234 valence electrons. The van der Waals surface area contributed by atoms with Crippen molar-refractivity contribution in [1.82, 2.24) is 10.2 Å². The van der Waals surface area contributed by atoms with E-state index in [0.29, 0.717) is 0 Å². The van der Waals surface area contributed by atoms with Crippen LogP contribution in [0.25, 0.3) is 0 Å². The van der Waals surface area contributed by atoms with Crippen LogP contribution < -0.4 is 10.6 Å². The molecule has 3 N–H and O–H groups in total. The highest BCUT2D eigenvalue weighted by molar-refractivity contribution is 6.00. The number of aromatic hydroxyl groups is 1. The molecule has 1 fully saturated rings. The molecule has 8 heteroatoms. The molecule has 4 atom stereocenters. The fourth-order valence-corrected chi connectivity index (χ4v) is 5.56. The maximum Gasteiger partial charge on any atom is 0.408 e. The van der Waals surface area contributed by atoms with E-state index in [1.165, 1.54) is 0 Å². The summed E-state index contributed by atoms with van der Waals surface area (Å²) in [5.74, 6) is -0.413. The van der Waals surface area contributed by atoms with Gasteiger partial charge in [-0.15, -0.1) is 0 Å². The summed E-state index contributed by atoms with van der Waals surface area (Å²) >= 11 is 0. The molecule has 3 aromatic carbocycles. The summed E-state index contributed by atoms with van der Waals surface area (Å²) in [6, 6.07) is 16.0. The molecule has 0 saturated heterocycles. The number of nitrogens with zero attached hydrogens (tertiary/aromatic N) is 1. The fourth-order valence-electron chi connectivity index (χ4n) is 5.56. The second-order valence-electron chi connectivity index (χ2n) is 13.0. The van der Waals surface area contributed by atoms with Crippen molar-refractivity contribution in [2.24, 2.45) is 5.92 Å². The lowest BCUT2D eigenvalue weighted by Gasteiger charge is -2.36. The van der Waals surface area contributed by atoms with E-state index in [-0.39, 0.29) is 35.9 Å². The Morgan fingerprint density at radius 1 is 0.932 bits per heavy atom. The number of alkyl carbamates (subject to hydrolysis) is 1. The van der Waals surface area contributed by atoms with Crippen LogP contribution in [0.2, 0.25) is 0 Å². The maximum absolute atomic E-state index is 14.8. The molecule has 4 rings (SSSR count). The van der Waals surface area contributed by atoms with E-state index in [1.54, 1.807) is 49.9 Å². The van der Waals surface area contributed by atoms with Gasteiger partial charge in [0.25, 0.3) is 5.91 Å². The summed E-state index contributed by atoms with van der Waals surface area (Å²) < 4.78 is 5.54. The fraction of sp³-hybridized carbons (Fsp3) is 0.417. The van der Waals surface area contributed by atoms with Crippen LogP contribution >= 0.6 is 0 Å². The number of amides is 3. The number of hydrogen-bond donors (Lipinski definition) is 3. The Morgan fingerprint density at radius 2 is 1.50 bits per heavy atom. The monoisotopic (exact) mass is 599 g/mol. The molecule has 0 aliphatic heterocycles. The number of carbonyl (C=O) groups excluding carboxylic acids is 3. The lowest BCUT2D eigenvalue weighted by molar-refractivity contribution is -0.141. The zero-order valence-corrected chi connectivity index (χ0v) is 27.0. The van der Waals surface area contributed by atoms with E-state index in [0.717, 1.165) is 45.5 Å². The van der Waals surface area contributed by atoms with E-state index in [2.05, 4.69) is 17.6 Å². The van der Waals surface area contributed by atoms with E-state index in [1.807, 2.05) is 64.1 Å². The van der Waals surface area contributed by atoms with Gasteiger partial charge in [-0.3, -0.25) is 9.59 Å². The van der Waals surface area contributed by atoms with Gasteiger partial charge in [-0.1, -0.05) is 55.5 Å². The van der Waals surface area contributed by atoms with E-state index < -0.39 is 23.8 Å². The number of benzene rings is 3. The molecule has 4 unspecified atom stereocenters. The Balaban J connectivity index is 1.81. The van der Waals surface area contributed by atoms with Gasteiger partial charge in [0.15, 0.2) is 0 Å². The highest BCUT2D eigenvalue weighted by Crippen LogP contribution is 2.42. The first-order valence-electron chi connectivity index (χ1n) is 15.2. The second kappa shape index (κ2) is 13.1. The van der Waals surface area contributed by atoms with Crippen LogP contribution in [0, 0.1) is 33.6 Å². The summed E-state index contributed by atoms with van der Waals surface area (Å²) in [5.41, 5.74) is 5.21. The molecule has 1 saturated carbocycles. The third kappa shape index (κ3) is 7.78. The molecule has 44 heavy (non-hydrogen) atoms. The standard InChI is InChI=1S/C36H45N3O5/c1-21-11-10-14-28(25(21)5)32(33(41)38-31-22(2)12-9-13-23(31)3)39(30-19-24(30)4)34(42)29(37-35(43)44-36(6,7)8)20-26-15-17-27(40)18-16-26/h9-18,24,29-30,32,40H,19-20H2,1-8H3,(H,37,43)(H,38,41). The van der Waals surface area contributed by atoms with Gasteiger partial charge >= 0.3 is 6.09 Å². The Hall–Kier alpha value is -4.33. The van der Waals surface area contributed by atoms with Crippen molar-refractivity contribution in [1.29, 1.82) is 0 Å². The molecule has 0 spiro atoms. The Labute approximate surface area is 260 Å². The zero-order chi connectivity index (χ0) is 32.3. The number of para-hydroxylation sites is 1. The third-order valence-electron chi connectivity index (χ3n) is 8.24. The van der Waals surface area contributed by atoms with E-state index in [4.69, 9.17) is 4.74 Å². The Bertz CT molecular complexity index is 1510. The number of anilines is 1. The molecule has 3 amide bonds. The van der Waals surface area contributed by atoms with Crippen LogP contribution in [-0.2, 0) is 20.7 Å². The van der Waals surface area contributed by atoms with Gasteiger partial charge in [0.2, 0.25) is 5.91 Å². The highest BCUT2D eigenvalue weighted by atomic mass is 16.6. The van der Waals surface area contributed by atoms with Gasteiger partial charge in [0.1, 0.15) is 23.4 Å². The molecule has 0 aromatic heterocycles. The van der Waals surface area contributed by atoms with Crippen molar-refractivity contribution in [2.45, 2.75) is 92.0 Å². The lowest BCUT2D eigenvalue weighted by atomic mass is 9.94. The first kappa shape index (κ1) is 32.6. The third-order valence-corrected chi connectivity index (χ3v) is 8.24. The van der Waals surface area contributed by atoms with Crippen molar-refractivity contribution < 1.29 is 24.2 Å². The van der Waals surface area contributed by atoms with Crippen LogP contribution in [0.4, 0.5) is 10.5 Å².